The molecule has 0 saturated carbocycles. The smallest absolute Gasteiger partial charge is 0.0897 e. The van der Waals surface area contributed by atoms with Gasteiger partial charge in [0.05, 0.1) is 29.5 Å². The van der Waals surface area contributed by atoms with Crippen molar-refractivity contribution in [2.45, 2.75) is 38.8 Å². The van der Waals surface area contributed by atoms with Crippen molar-refractivity contribution >= 4 is 11.3 Å². The first-order valence-electron chi connectivity index (χ1n) is 6.94. The van der Waals surface area contributed by atoms with Gasteiger partial charge in [0.1, 0.15) is 0 Å². The zero-order chi connectivity index (χ0) is 13.7. The van der Waals surface area contributed by atoms with Gasteiger partial charge in [-0.1, -0.05) is 6.92 Å². The summed E-state index contributed by atoms with van der Waals surface area (Å²) in [5.41, 5.74) is 4.00. The minimum absolute atomic E-state index is 0.126. The lowest BCUT2D eigenvalue weighted by Gasteiger charge is -2.36. The third kappa shape index (κ3) is 4.22. The lowest BCUT2D eigenvalue weighted by molar-refractivity contribution is -0.0463. The molecule has 2 atom stereocenters. The van der Waals surface area contributed by atoms with E-state index in [4.69, 9.17) is 10.6 Å². The number of rotatable bonds is 6. The standard InChI is InChI=1S/C13H24N4OS/c1-3-4-17-5-6-18-13(8-17)12(16-14)7-11-9-19-10(2)15-11/h9,12-13,16H,3-8,14H2,1-2H3. The molecule has 0 aliphatic carbocycles. The summed E-state index contributed by atoms with van der Waals surface area (Å²) in [5, 5.41) is 3.20. The minimum atomic E-state index is 0.126. The van der Waals surface area contributed by atoms with Gasteiger partial charge >= 0.3 is 0 Å². The Hall–Kier alpha value is -0.530. The average Bonchev–Trinajstić information content (AvgIpc) is 2.82. The Balaban J connectivity index is 1.92. The van der Waals surface area contributed by atoms with Crippen molar-refractivity contribution in [2.24, 2.45) is 5.84 Å². The van der Waals surface area contributed by atoms with E-state index in [1.165, 1.54) is 6.42 Å². The molecule has 2 unspecified atom stereocenters. The van der Waals surface area contributed by atoms with Crippen LogP contribution in [0.5, 0.6) is 0 Å². The van der Waals surface area contributed by atoms with Crippen molar-refractivity contribution in [3.8, 4) is 0 Å². The molecule has 1 fully saturated rings. The molecule has 0 radical (unpaired) electrons. The monoisotopic (exact) mass is 284 g/mol. The van der Waals surface area contributed by atoms with Crippen molar-refractivity contribution in [1.82, 2.24) is 15.3 Å². The van der Waals surface area contributed by atoms with Gasteiger partial charge in [0, 0.05) is 24.9 Å². The maximum absolute atomic E-state index is 5.88. The van der Waals surface area contributed by atoms with Gasteiger partial charge < -0.3 is 4.74 Å². The van der Waals surface area contributed by atoms with Crippen molar-refractivity contribution in [2.75, 3.05) is 26.2 Å². The first kappa shape index (κ1) is 14.9. The number of ether oxygens (including phenoxy) is 1. The molecule has 3 N–H and O–H groups in total. The summed E-state index contributed by atoms with van der Waals surface area (Å²) in [6, 6.07) is 0.126. The van der Waals surface area contributed by atoms with Crippen LogP contribution in [0.1, 0.15) is 24.0 Å². The number of aromatic nitrogens is 1. The number of nitrogens with zero attached hydrogens (tertiary/aromatic N) is 2. The molecule has 1 saturated heterocycles. The number of hydrazine groups is 1. The highest BCUT2D eigenvalue weighted by molar-refractivity contribution is 7.09. The summed E-state index contributed by atoms with van der Waals surface area (Å²) in [6.45, 7) is 8.13. The van der Waals surface area contributed by atoms with Crippen LogP contribution in [0, 0.1) is 6.92 Å². The van der Waals surface area contributed by atoms with E-state index in [9.17, 15) is 0 Å². The fraction of sp³-hybridized carbons (Fsp3) is 0.769. The molecule has 0 bridgehead atoms. The Labute approximate surface area is 119 Å². The molecule has 2 rings (SSSR count). The van der Waals surface area contributed by atoms with Gasteiger partial charge in [0.25, 0.3) is 0 Å². The Morgan fingerprint density at radius 3 is 3.16 bits per heavy atom. The summed E-state index contributed by atoms with van der Waals surface area (Å²) in [7, 11) is 0. The average molecular weight is 284 g/mol. The predicted molar refractivity (Wildman–Crippen MR) is 78.1 cm³/mol. The number of morpholine rings is 1. The van der Waals surface area contributed by atoms with Gasteiger partial charge in [-0.3, -0.25) is 16.2 Å². The Kier molecular flexibility index (Phi) is 5.72. The SMILES string of the molecule is CCCN1CCOC(C(Cc2csc(C)n2)NN)C1. The molecule has 0 aromatic carbocycles. The van der Waals surface area contributed by atoms with E-state index in [2.05, 4.69) is 27.6 Å². The first-order chi connectivity index (χ1) is 9.22. The predicted octanol–water partition coefficient (Wildman–Crippen LogP) is 0.937. The second-order valence-electron chi connectivity index (χ2n) is 5.04. The van der Waals surface area contributed by atoms with Gasteiger partial charge in [-0.15, -0.1) is 11.3 Å². The largest absolute Gasteiger partial charge is 0.374 e. The topological polar surface area (TPSA) is 63.4 Å². The third-order valence-electron chi connectivity index (χ3n) is 3.48. The van der Waals surface area contributed by atoms with Crippen molar-refractivity contribution in [3.05, 3.63) is 16.1 Å². The molecule has 1 aromatic rings. The number of nitrogens with one attached hydrogen (secondary N) is 1. The molecule has 5 nitrogen and oxygen atoms in total. The van der Waals surface area contributed by atoms with Crippen molar-refractivity contribution < 1.29 is 4.74 Å². The Morgan fingerprint density at radius 2 is 2.53 bits per heavy atom. The van der Waals surface area contributed by atoms with Crippen LogP contribution < -0.4 is 11.3 Å². The van der Waals surface area contributed by atoms with Crippen LogP contribution in [0.15, 0.2) is 5.38 Å². The van der Waals surface area contributed by atoms with E-state index >= 15 is 0 Å². The molecule has 1 aromatic heterocycles. The number of hydrogen-bond donors (Lipinski definition) is 2. The van der Waals surface area contributed by atoms with E-state index in [-0.39, 0.29) is 12.1 Å². The van der Waals surface area contributed by atoms with E-state index in [0.29, 0.717) is 0 Å². The van der Waals surface area contributed by atoms with Crippen LogP contribution in [0.4, 0.5) is 0 Å². The van der Waals surface area contributed by atoms with Crippen LogP contribution in [0.25, 0.3) is 0 Å². The summed E-state index contributed by atoms with van der Waals surface area (Å²) in [6.07, 6.45) is 2.15. The number of hydrogen-bond acceptors (Lipinski definition) is 6. The zero-order valence-corrected chi connectivity index (χ0v) is 12.6. The maximum Gasteiger partial charge on any atom is 0.0897 e. The molecule has 19 heavy (non-hydrogen) atoms. The number of aryl methyl sites for hydroxylation is 1. The molecular weight excluding hydrogens is 260 g/mol. The summed E-state index contributed by atoms with van der Waals surface area (Å²) in [4.78, 5) is 6.95. The fourth-order valence-corrected chi connectivity index (χ4v) is 3.14. The minimum Gasteiger partial charge on any atom is -0.374 e. The normalized spacial score (nSPS) is 22.6. The lowest BCUT2D eigenvalue weighted by Crippen LogP contribution is -2.54. The van der Waals surface area contributed by atoms with Crippen molar-refractivity contribution in [1.29, 1.82) is 0 Å². The van der Waals surface area contributed by atoms with Crippen LogP contribution in [0.3, 0.4) is 0 Å². The molecule has 1 aliphatic rings. The zero-order valence-electron chi connectivity index (χ0n) is 11.8. The van der Waals surface area contributed by atoms with Crippen molar-refractivity contribution in [3.63, 3.8) is 0 Å². The van der Waals surface area contributed by atoms with E-state index in [0.717, 1.165) is 43.4 Å². The van der Waals surface area contributed by atoms with E-state index in [1.54, 1.807) is 11.3 Å². The maximum atomic E-state index is 5.88. The van der Waals surface area contributed by atoms with Crippen LogP contribution in [-0.4, -0.2) is 48.3 Å². The van der Waals surface area contributed by atoms with Gasteiger partial charge in [0.2, 0.25) is 0 Å². The third-order valence-corrected chi connectivity index (χ3v) is 4.30. The molecule has 1 aliphatic heterocycles. The molecule has 6 heteroatoms. The van der Waals surface area contributed by atoms with Crippen LogP contribution >= 0.6 is 11.3 Å². The van der Waals surface area contributed by atoms with E-state index < -0.39 is 0 Å². The van der Waals surface area contributed by atoms with Gasteiger partial charge in [-0.25, -0.2) is 4.98 Å². The molecule has 108 valence electrons. The number of thiazole rings is 1. The second kappa shape index (κ2) is 7.31. The molecule has 0 amide bonds. The van der Waals surface area contributed by atoms with Gasteiger partial charge in [0.15, 0.2) is 0 Å². The lowest BCUT2D eigenvalue weighted by atomic mass is 10.0. The van der Waals surface area contributed by atoms with Gasteiger partial charge in [-0.2, -0.15) is 0 Å². The number of nitrogens with two attached hydrogens (primary N) is 1. The van der Waals surface area contributed by atoms with Crippen LogP contribution in [-0.2, 0) is 11.2 Å². The van der Waals surface area contributed by atoms with E-state index in [1.807, 2.05) is 6.92 Å². The second-order valence-corrected chi connectivity index (χ2v) is 6.11. The molecule has 2 heterocycles. The highest BCUT2D eigenvalue weighted by atomic mass is 32.1. The Morgan fingerprint density at radius 1 is 1.68 bits per heavy atom. The summed E-state index contributed by atoms with van der Waals surface area (Å²) >= 11 is 1.68. The highest BCUT2D eigenvalue weighted by Gasteiger charge is 2.27. The quantitative estimate of drug-likeness (QED) is 0.601. The van der Waals surface area contributed by atoms with Gasteiger partial charge in [-0.05, 0) is 19.9 Å². The molecular formula is C13H24N4OS. The highest BCUT2D eigenvalue weighted by Crippen LogP contribution is 2.15. The summed E-state index contributed by atoms with van der Waals surface area (Å²) in [5.74, 6) is 5.70. The van der Waals surface area contributed by atoms with Crippen LogP contribution in [0.2, 0.25) is 0 Å². The fourth-order valence-electron chi connectivity index (χ4n) is 2.52. The summed E-state index contributed by atoms with van der Waals surface area (Å²) < 4.78 is 5.88. The Bertz CT molecular complexity index is 382. The molecule has 0 spiro atoms. The first-order valence-corrected chi connectivity index (χ1v) is 7.82.